The highest BCUT2D eigenvalue weighted by atomic mass is 16.6. The Labute approximate surface area is 205 Å². The van der Waals surface area contributed by atoms with Crippen molar-refractivity contribution >= 4 is 35.3 Å². The Morgan fingerprint density at radius 2 is 1.47 bits per heavy atom. The molecule has 10 heteroatoms. The maximum atomic E-state index is 13.5. The average molecular weight is 494 g/mol. The predicted molar refractivity (Wildman–Crippen MR) is 121 cm³/mol. The minimum atomic E-state index is -1.85. The summed E-state index contributed by atoms with van der Waals surface area (Å²) >= 11 is 0. The van der Waals surface area contributed by atoms with Gasteiger partial charge in [-0.1, -0.05) is 24.3 Å². The third-order valence-corrected chi connectivity index (χ3v) is 6.27. The summed E-state index contributed by atoms with van der Waals surface area (Å²) in [5.41, 5.74) is -2.72. The molecule has 0 saturated carbocycles. The van der Waals surface area contributed by atoms with E-state index in [4.69, 9.17) is 14.2 Å². The van der Waals surface area contributed by atoms with Gasteiger partial charge in [-0.3, -0.25) is 28.8 Å². The van der Waals surface area contributed by atoms with Gasteiger partial charge in [0.05, 0.1) is 11.1 Å². The smallest absolute Gasteiger partial charge is 0.308 e. The summed E-state index contributed by atoms with van der Waals surface area (Å²) < 4.78 is 16.2. The molecule has 2 atom stereocenters. The SMILES string of the molecule is CC(=O)Oc1c2c(c(O)c3c1C(=O)c1ccccc1C3=O)[C@H](OC(C)=O)C[C@](OC(C)=O)(C(C)=O)C2. The third kappa shape index (κ3) is 3.84. The quantitative estimate of drug-likeness (QED) is 0.423. The molecule has 0 saturated heterocycles. The van der Waals surface area contributed by atoms with E-state index in [9.17, 15) is 33.9 Å². The molecular formula is C26H22O10. The Hall–Kier alpha value is -4.34. The zero-order valence-corrected chi connectivity index (χ0v) is 19.9. The van der Waals surface area contributed by atoms with Gasteiger partial charge in [-0.25, -0.2) is 0 Å². The van der Waals surface area contributed by atoms with Crippen LogP contribution >= 0.6 is 0 Å². The van der Waals surface area contributed by atoms with Gasteiger partial charge in [-0.15, -0.1) is 0 Å². The van der Waals surface area contributed by atoms with Crippen LogP contribution < -0.4 is 4.74 Å². The number of ether oxygens (including phenoxy) is 3. The first-order valence-corrected chi connectivity index (χ1v) is 11.0. The van der Waals surface area contributed by atoms with Crippen molar-refractivity contribution in [2.24, 2.45) is 0 Å². The Morgan fingerprint density at radius 1 is 0.889 bits per heavy atom. The Morgan fingerprint density at radius 3 is 1.97 bits per heavy atom. The molecule has 10 nitrogen and oxygen atoms in total. The van der Waals surface area contributed by atoms with Crippen molar-refractivity contribution < 1.29 is 48.1 Å². The molecule has 4 rings (SSSR count). The topological polar surface area (TPSA) is 150 Å². The van der Waals surface area contributed by atoms with E-state index in [2.05, 4.69) is 0 Å². The average Bonchev–Trinajstić information content (AvgIpc) is 2.77. The van der Waals surface area contributed by atoms with Gasteiger partial charge >= 0.3 is 17.9 Å². The van der Waals surface area contributed by atoms with Gasteiger partial charge in [-0.05, 0) is 6.92 Å². The van der Waals surface area contributed by atoms with E-state index in [-0.39, 0.29) is 40.0 Å². The number of carbonyl (C=O) groups is 6. The van der Waals surface area contributed by atoms with Crippen LogP contribution in [-0.4, -0.2) is 46.0 Å². The molecular weight excluding hydrogens is 472 g/mol. The van der Waals surface area contributed by atoms with Gasteiger partial charge in [0.25, 0.3) is 0 Å². The molecule has 1 N–H and O–H groups in total. The molecule has 0 spiro atoms. The third-order valence-electron chi connectivity index (χ3n) is 6.27. The van der Waals surface area contributed by atoms with Crippen molar-refractivity contribution in [3.8, 4) is 11.5 Å². The molecule has 2 aromatic rings. The van der Waals surface area contributed by atoms with Crippen LogP contribution in [0.3, 0.4) is 0 Å². The fraction of sp³-hybridized carbons (Fsp3) is 0.308. The zero-order chi connectivity index (χ0) is 26.5. The molecule has 186 valence electrons. The highest BCUT2D eigenvalue weighted by molar-refractivity contribution is 6.30. The summed E-state index contributed by atoms with van der Waals surface area (Å²) in [6.45, 7) is 4.44. The number of hydrogen-bond donors (Lipinski definition) is 1. The van der Waals surface area contributed by atoms with Crippen LogP contribution in [0.4, 0.5) is 0 Å². The highest BCUT2D eigenvalue weighted by Crippen LogP contribution is 2.52. The summed E-state index contributed by atoms with van der Waals surface area (Å²) in [4.78, 5) is 75.8. The fourth-order valence-electron chi connectivity index (χ4n) is 4.90. The monoisotopic (exact) mass is 494 g/mol. The molecule has 0 radical (unpaired) electrons. The molecule has 0 aromatic heterocycles. The largest absolute Gasteiger partial charge is 0.507 e. The van der Waals surface area contributed by atoms with E-state index in [0.29, 0.717) is 0 Å². The van der Waals surface area contributed by atoms with Crippen LogP contribution in [0.15, 0.2) is 24.3 Å². The lowest BCUT2D eigenvalue weighted by molar-refractivity contribution is -0.173. The molecule has 0 bridgehead atoms. The second-order valence-electron chi connectivity index (χ2n) is 8.74. The van der Waals surface area contributed by atoms with E-state index < -0.39 is 64.7 Å². The molecule has 0 amide bonds. The summed E-state index contributed by atoms with van der Waals surface area (Å²) in [6, 6.07) is 5.96. The van der Waals surface area contributed by atoms with Crippen molar-refractivity contribution in [3.05, 3.63) is 57.6 Å². The van der Waals surface area contributed by atoms with E-state index >= 15 is 0 Å². The number of aromatic hydroxyl groups is 1. The van der Waals surface area contributed by atoms with E-state index in [0.717, 1.165) is 20.8 Å². The number of Topliss-reactive ketones (excluding diaryl/α,β-unsaturated/α-hetero) is 1. The van der Waals surface area contributed by atoms with Crippen LogP contribution in [-0.2, 0) is 35.1 Å². The number of hydrogen-bond acceptors (Lipinski definition) is 10. The Balaban J connectivity index is 2.11. The molecule has 36 heavy (non-hydrogen) atoms. The molecule has 0 fully saturated rings. The van der Waals surface area contributed by atoms with Gasteiger partial charge in [0.2, 0.25) is 0 Å². The second kappa shape index (κ2) is 8.71. The number of phenols is 1. The number of esters is 3. The second-order valence-corrected chi connectivity index (χ2v) is 8.74. The van der Waals surface area contributed by atoms with Crippen LogP contribution in [0.1, 0.15) is 83.2 Å². The van der Waals surface area contributed by atoms with Gasteiger partial charge in [-0.2, -0.15) is 0 Å². The van der Waals surface area contributed by atoms with Crippen molar-refractivity contribution in [1.29, 1.82) is 0 Å². The Bertz CT molecular complexity index is 1390. The summed E-state index contributed by atoms with van der Waals surface area (Å²) in [5, 5.41) is 11.3. The lowest BCUT2D eigenvalue weighted by atomic mass is 9.72. The first kappa shape index (κ1) is 24.8. The number of ketones is 3. The minimum Gasteiger partial charge on any atom is -0.507 e. The molecule has 2 aliphatic rings. The number of rotatable bonds is 4. The standard InChI is InChI=1S/C26H22O10/c1-11(27)26(36-14(4)30)9-17-19(18(10-26)34-12(2)28)24(33)20-21(25(17)35-13(3)29)23(32)16-8-6-5-7-15(16)22(20)31/h5-8,18,33H,9-10H2,1-4H3/t18-,26+/m1/s1. The lowest BCUT2D eigenvalue weighted by Gasteiger charge is -2.40. The van der Waals surface area contributed by atoms with Gasteiger partial charge in [0.1, 0.15) is 17.6 Å². The normalized spacial score (nSPS) is 19.9. The maximum absolute atomic E-state index is 13.5. The van der Waals surface area contributed by atoms with Crippen LogP contribution in [0.2, 0.25) is 0 Å². The van der Waals surface area contributed by atoms with Crippen molar-refractivity contribution in [2.75, 3.05) is 0 Å². The molecule has 0 heterocycles. The maximum Gasteiger partial charge on any atom is 0.308 e. The highest BCUT2D eigenvalue weighted by Gasteiger charge is 2.51. The number of fused-ring (bicyclic) bond motifs is 3. The molecule has 2 aromatic carbocycles. The van der Waals surface area contributed by atoms with Crippen LogP contribution in [0, 0.1) is 0 Å². The van der Waals surface area contributed by atoms with Crippen LogP contribution in [0.25, 0.3) is 0 Å². The fourth-order valence-corrected chi connectivity index (χ4v) is 4.90. The first-order chi connectivity index (χ1) is 16.9. The van der Waals surface area contributed by atoms with Crippen LogP contribution in [0.5, 0.6) is 11.5 Å². The molecule has 2 aliphatic carbocycles. The molecule has 0 aliphatic heterocycles. The predicted octanol–water partition coefficient (Wildman–Crippen LogP) is 2.53. The van der Waals surface area contributed by atoms with Gasteiger partial charge < -0.3 is 19.3 Å². The summed E-state index contributed by atoms with van der Waals surface area (Å²) in [7, 11) is 0. The van der Waals surface area contributed by atoms with E-state index in [1.54, 1.807) is 12.1 Å². The van der Waals surface area contributed by atoms with E-state index in [1.807, 2.05) is 0 Å². The minimum absolute atomic E-state index is 0.0351. The lowest BCUT2D eigenvalue weighted by Crippen LogP contribution is -2.48. The van der Waals surface area contributed by atoms with E-state index in [1.165, 1.54) is 19.1 Å². The zero-order valence-electron chi connectivity index (χ0n) is 19.9. The first-order valence-electron chi connectivity index (χ1n) is 11.0. The van der Waals surface area contributed by atoms with Crippen molar-refractivity contribution in [1.82, 2.24) is 0 Å². The summed E-state index contributed by atoms with van der Waals surface area (Å²) in [5.74, 6) is -5.43. The summed E-state index contributed by atoms with van der Waals surface area (Å²) in [6.07, 6.45) is -2.13. The number of benzene rings is 2. The molecule has 0 unspecified atom stereocenters. The van der Waals surface area contributed by atoms with Gasteiger partial charge in [0.15, 0.2) is 23.0 Å². The number of phenolic OH excluding ortho intramolecular Hbond substituents is 1. The van der Waals surface area contributed by atoms with Crippen molar-refractivity contribution in [3.63, 3.8) is 0 Å². The number of carbonyl (C=O) groups excluding carboxylic acids is 6. The van der Waals surface area contributed by atoms with Crippen molar-refractivity contribution in [2.45, 2.75) is 52.2 Å². The Kier molecular flexibility index (Phi) is 5.99. The van der Waals surface area contributed by atoms with Gasteiger partial charge in [0, 0.05) is 55.9 Å².